The first-order valence-electron chi connectivity index (χ1n) is 9.08. The number of hydrogen-bond donors (Lipinski definition) is 0. The number of halogens is 1. The number of benzene rings is 1. The van der Waals surface area contributed by atoms with E-state index >= 15 is 0 Å². The molecule has 0 atom stereocenters. The largest absolute Gasteiger partial charge is 0.354 e. The summed E-state index contributed by atoms with van der Waals surface area (Å²) < 4.78 is 2.13. The van der Waals surface area contributed by atoms with Crippen molar-refractivity contribution in [3.63, 3.8) is 0 Å². The molecule has 1 fully saturated rings. The second-order valence-corrected chi connectivity index (χ2v) is 7.27. The molecular formula is C18H20ClN5O3. The van der Waals surface area contributed by atoms with E-state index in [0.29, 0.717) is 29.6 Å². The number of carbonyl (C=O) groups is 2. The molecule has 3 heterocycles. The van der Waals surface area contributed by atoms with Crippen molar-refractivity contribution in [3.8, 4) is 0 Å². The van der Waals surface area contributed by atoms with Gasteiger partial charge in [-0.25, -0.2) is 14.3 Å². The van der Waals surface area contributed by atoms with Crippen molar-refractivity contribution >= 4 is 29.2 Å². The lowest BCUT2D eigenvalue weighted by Gasteiger charge is -2.20. The molecule has 2 amide bonds. The van der Waals surface area contributed by atoms with Gasteiger partial charge in [-0.05, 0) is 37.1 Å². The minimum Gasteiger partial charge on any atom is -0.341 e. The van der Waals surface area contributed by atoms with E-state index in [2.05, 4.69) is 5.10 Å². The summed E-state index contributed by atoms with van der Waals surface area (Å²) in [5, 5.41) is 4.79. The number of likely N-dealkylation sites (tertiary alicyclic amines) is 1. The van der Waals surface area contributed by atoms with Crippen molar-refractivity contribution in [2.24, 2.45) is 0 Å². The molecule has 0 saturated carbocycles. The number of amides is 2. The molecule has 1 saturated heterocycles. The Morgan fingerprint density at radius 1 is 1.04 bits per heavy atom. The molecule has 8 nitrogen and oxygen atoms in total. The number of nitrogens with zero attached hydrogens (tertiary/aromatic N) is 5. The maximum Gasteiger partial charge on any atom is 0.354 e. The lowest BCUT2D eigenvalue weighted by atomic mass is 10.2. The minimum absolute atomic E-state index is 0.127. The quantitative estimate of drug-likeness (QED) is 0.805. The van der Waals surface area contributed by atoms with E-state index in [1.54, 1.807) is 29.2 Å². The van der Waals surface area contributed by atoms with Crippen LogP contribution in [0.2, 0.25) is 5.02 Å². The second kappa shape index (κ2) is 7.19. The van der Waals surface area contributed by atoms with E-state index in [9.17, 15) is 14.4 Å². The molecule has 4 rings (SSSR count). The van der Waals surface area contributed by atoms with Crippen LogP contribution < -0.4 is 10.6 Å². The van der Waals surface area contributed by atoms with Gasteiger partial charge in [0.15, 0.2) is 5.82 Å². The molecule has 9 heteroatoms. The van der Waals surface area contributed by atoms with Crippen LogP contribution in [0.4, 0.5) is 10.5 Å². The van der Waals surface area contributed by atoms with Gasteiger partial charge in [-0.1, -0.05) is 24.4 Å². The maximum atomic E-state index is 12.7. The highest BCUT2D eigenvalue weighted by atomic mass is 35.5. The summed E-state index contributed by atoms with van der Waals surface area (Å²) in [4.78, 5) is 41.0. The fourth-order valence-corrected chi connectivity index (χ4v) is 3.68. The van der Waals surface area contributed by atoms with Crippen LogP contribution in [0.25, 0.3) is 0 Å². The average Bonchev–Trinajstić information content (AvgIpc) is 2.99. The number of fused-ring (bicyclic) bond motifs is 1. The minimum atomic E-state index is -0.574. The molecule has 1 aromatic carbocycles. The molecule has 27 heavy (non-hydrogen) atoms. The van der Waals surface area contributed by atoms with Gasteiger partial charge in [-0.2, -0.15) is 9.67 Å². The summed E-state index contributed by atoms with van der Waals surface area (Å²) in [6.07, 6.45) is 4.21. The van der Waals surface area contributed by atoms with Gasteiger partial charge < -0.3 is 4.90 Å². The molecule has 2 aliphatic rings. The van der Waals surface area contributed by atoms with Crippen LogP contribution in [0, 0.1) is 0 Å². The Morgan fingerprint density at radius 3 is 2.33 bits per heavy atom. The van der Waals surface area contributed by atoms with Gasteiger partial charge in [0.25, 0.3) is 0 Å². The number of anilines is 1. The highest BCUT2D eigenvalue weighted by Crippen LogP contribution is 2.24. The first kappa shape index (κ1) is 17.8. The summed E-state index contributed by atoms with van der Waals surface area (Å²) in [5.41, 5.74) is 0.0659. The molecule has 2 aromatic rings. The van der Waals surface area contributed by atoms with Crippen molar-refractivity contribution in [2.75, 3.05) is 18.0 Å². The fraction of sp³-hybridized carbons (Fsp3) is 0.444. The van der Waals surface area contributed by atoms with Crippen molar-refractivity contribution in [1.82, 2.24) is 19.2 Å². The zero-order chi connectivity index (χ0) is 19.0. The first-order valence-corrected chi connectivity index (χ1v) is 9.46. The van der Waals surface area contributed by atoms with E-state index in [1.807, 2.05) is 0 Å². The monoisotopic (exact) mass is 389 g/mol. The van der Waals surface area contributed by atoms with Gasteiger partial charge in [0.1, 0.15) is 6.54 Å². The third kappa shape index (κ3) is 3.37. The SMILES string of the molecule is O=C(Cn1nc2n(c1=O)C(=O)N(c1ccc(Cl)cc1)C2)N1CCCCCC1. The van der Waals surface area contributed by atoms with E-state index in [4.69, 9.17) is 11.6 Å². The molecule has 142 valence electrons. The van der Waals surface area contributed by atoms with Crippen LogP contribution in [-0.4, -0.2) is 44.3 Å². The summed E-state index contributed by atoms with van der Waals surface area (Å²) in [6.45, 7) is 1.47. The Balaban J connectivity index is 1.52. The predicted molar refractivity (Wildman–Crippen MR) is 100.0 cm³/mol. The van der Waals surface area contributed by atoms with Crippen LogP contribution in [0.5, 0.6) is 0 Å². The van der Waals surface area contributed by atoms with E-state index in [1.165, 1.54) is 4.90 Å². The molecule has 0 bridgehead atoms. The molecule has 0 radical (unpaired) electrons. The van der Waals surface area contributed by atoms with Gasteiger partial charge in [0.2, 0.25) is 5.91 Å². The number of carbonyl (C=O) groups excluding carboxylic acids is 2. The predicted octanol–water partition coefficient (Wildman–Crippen LogP) is 2.09. The summed E-state index contributed by atoms with van der Waals surface area (Å²) >= 11 is 5.88. The number of hydrogen-bond acceptors (Lipinski definition) is 4. The molecule has 0 unspecified atom stereocenters. The van der Waals surface area contributed by atoms with Gasteiger partial charge >= 0.3 is 11.7 Å². The van der Waals surface area contributed by atoms with Crippen molar-refractivity contribution in [3.05, 3.63) is 45.6 Å². The second-order valence-electron chi connectivity index (χ2n) is 6.83. The Hall–Kier alpha value is -2.61. The zero-order valence-corrected chi connectivity index (χ0v) is 15.6. The molecule has 1 aromatic heterocycles. The topological polar surface area (TPSA) is 80.4 Å². The first-order chi connectivity index (χ1) is 13.0. The van der Waals surface area contributed by atoms with Gasteiger partial charge in [-0.15, -0.1) is 0 Å². The van der Waals surface area contributed by atoms with Crippen LogP contribution in [0.15, 0.2) is 29.1 Å². The van der Waals surface area contributed by atoms with Gasteiger partial charge in [-0.3, -0.25) is 9.69 Å². The van der Waals surface area contributed by atoms with E-state index < -0.39 is 11.7 Å². The van der Waals surface area contributed by atoms with Gasteiger partial charge in [0.05, 0.1) is 6.54 Å². The lowest BCUT2D eigenvalue weighted by Crippen LogP contribution is -2.39. The Kier molecular flexibility index (Phi) is 4.73. The van der Waals surface area contributed by atoms with Crippen LogP contribution in [0.1, 0.15) is 31.5 Å². The summed E-state index contributed by atoms with van der Waals surface area (Å²) in [5.74, 6) is 0.210. The molecule has 0 spiro atoms. The zero-order valence-electron chi connectivity index (χ0n) is 14.8. The number of aromatic nitrogens is 3. The summed E-state index contributed by atoms with van der Waals surface area (Å²) in [6, 6.07) is 6.33. The van der Waals surface area contributed by atoms with Gasteiger partial charge in [0, 0.05) is 23.8 Å². The van der Waals surface area contributed by atoms with Crippen molar-refractivity contribution in [2.45, 2.75) is 38.8 Å². The Morgan fingerprint density at radius 2 is 1.70 bits per heavy atom. The van der Waals surface area contributed by atoms with Crippen LogP contribution in [-0.2, 0) is 17.9 Å². The highest BCUT2D eigenvalue weighted by Gasteiger charge is 2.34. The standard InChI is InChI=1S/C18H20ClN5O3/c19-13-5-7-14(8-6-13)22-11-15-20-23(18(27)24(15)17(22)26)12-16(25)21-9-3-1-2-4-10-21/h5-8H,1-4,9-12H2. The van der Waals surface area contributed by atoms with Crippen molar-refractivity contribution in [1.29, 1.82) is 0 Å². The maximum absolute atomic E-state index is 12.7. The Bertz CT molecular complexity index is 925. The van der Waals surface area contributed by atoms with Crippen LogP contribution >= 0.6 is 11.6 Å². The molecule has 0 N–H and O–H groups in total. The van der Waals surface area contributed by atoms with E-state index in [0.717, 1.165) is 34.9 Å². The normalized spacial score (nSPS) is 17.1. The smallest absolute Gasteiger partial charge is 0.341 e. The lowest BCUT2D eigenvalue weighted by molar-refractivity contribution is -0.132. The summed E-state index contributed by atoms with van der Waals surface area (Å²) in [7, 11) is 0. The third-order valence-corrected chi connectivity index (χ3v) is 5.26. The molecule has 2 aliphatic heterocycles. The average molecular weight is 390 g/mol. The van der Waals surface area contributed by atoms with Crippen LogP contribution in [0.3, 0.4) is 0 Å². The third-order valence-electron chi connectivity index (χ3n) is 5.01. The highest BCUT2D eigenvalue weighted by molar-refractivity contribution is 6.30. The number of rotatable bonds is 3. The van der Waals surface area contributed by atoms with E-state index in [-0.39, 0.29) is 19.0 Å². The fourth-order valence-electron chi connectivity index (χ4n) is 3.55. The molecular weight excluding hydrogens is 370 g/mol. The Labute approximate surface area is 160 Å². The molecule has 0 aliphatic carbocycles. The van der Waals surface area contributed by atoms with Crippen molar-refractivity contribution < 1.29 is 9.59 Å².